The van der Waals surface area contributed by atoms with Crippen LogP contribution >= 0.6 is 11.3 Å². The SMILES string of the molecule is CC(=O)Nc1nc2[c]c(-c3ccc(C(F)(F)F)cc3O)ccc2s1. The number of thiazole rings is 1. The molecule has 0 aliphatic heterocycles. The number of amides is 1. The molecular weight excluding hydrogens is 341 g/mol. The summed E-state index contributed by atoms with van der Waals surface area (Å²) in [6.07, 6.45) is -4.52. The van der Waals surface area contributed by atoms with Crippen LogP contribution in [-0.4, -0.2) is 16.0 Å². The van der Waals surface area contributed by atoms with E-state index < -0.39 is 17.5 Å². The standard InChI is InChI=1S/C16H10F3N2O2S/c1-8(22)20-15-21-12-6-9(2-5-14(12)24-15)11-4-3-10(7-13(11)23)16(17,18)19/h2-5,7,23H,1H3,(H,20,21,22). The van der Waals surface area contributed by atoms with Crippen molar-refractivity contribution >= 4 is 32.6 Å². The fourth-order valence-electron chi connectivity index (χ4n) is 2.16. The number of phenols is 1. The molecule has 0 saturated heterocycles. The first-order valence-corrected chi connectivity index (χ1v) is 7.57. The van der Waals surface area contributed by atoms with Crippen molar-refractivity contribution in [3.05, 3.63) is 42.0 Å². The molecule has 0 aliphatic rings. The van der Waals surface area contributed by atoms with Crippen LogP contribution < -0.4 is 5.32 Å². The van der Waals surface area contributed by atoms with Crippen molar-refractivity contribution in [3.63, 3.8) is 0 Å². The lowest BCUT2D eigenvalue weighted by Crippen LogP contribution is -2.04. The quantitative estimate of drug-likeness (QED) is 0.717. The summed E-state index contributed by atoms with van der Waals surface area (Å²) in [5, 5.41) is 12.9. The molecule has 0 fully saturated rings. The van der Waals surface area contributed by atoms with Crippen LogP contribution in [0.15, 0.2) is 30.3 Å². The second-order valence-corrected chi connectivity index (χ2v) is 6.05. The number of carbonyl (C=O) groups excluding carboxylic acids is 1. The largest absolute Gasteiger partial charge is 0.507 e. The van der Waals surface area contributed by atoms with E-state index in [-0.39, 0.29) is 11.5 Å². The Morgan fingerprint density at radius 3 is 2.67 bits per heavy atom. The van der Waals surface area contributed by atoms with Crippen molar-refractivity contribution < 1.29 is 23.1 Å². The average molecular weight is 351 g/mol. The Balaban J connectivity index is 2.01. The van der Waals surface area contributed by atoms with Crippen LogP contribution in [0, 0.1) is 6.07 Å². The monoisotopic (exact) mass is 351 g/mol. The molecule has 1 aromatic heterocycles. The molecule has 8 heteroatoms. The van der Waals surface area contributed by atoms with Crippen LogP contribution in [0.1, 0.15) is 12.5 Å². The number of hydrogen-bond donors (Lipinski definition) is 2. The summed E-state index contributed by atoms with van der Waals surface area (Å²) in [5.41, 5.74) is 0.166. The number of aromatic hydroxyl groups is 1. The zero-order valence-corrected chi connectivity index (χ0v) is 13.0. The van der Waals surface area contributed by atoms with Gasteiger partial charge in [0.15, 0.2) is 5.13 Å². The predicted molar refractivity (Wildman–Crippen MR) is 84.9 cm³/mol. The van der Waals surface area contributed by atoms with Gasteiger partial charge in [0.1, 0.15) is 5.75 Å². The number of alkyl halides is 3. The number of aromatic nitrogens is 1. The van der Waals surface area contributed by atoms with Crippen LogP contribution in [0.25, 0.3) is 21.3 Å². The van der Waals surface area contributed by atoms with Gasteiger partial charge in [0.05, 0.1) is 15.8 Å². The van der Waals surface area contributed by atoms with Gasteiger partial charge < -0.3 is 10.4 Å². The molecule has 3 rings (SSSR count). The minimum absolute atomic E-state index is 0.221. The van der Waals surface area contributed by atoms with E-state index in [1.165, 1.54) is 24.3 Å². The van der Waals surface area contributed by atoms with Crippen LogP contribution in [0.2, 0.25) is 0 Å². The Kier molecular flexibility index (Phi) is 3.92. The number of hydrogen-bond acceptors (Lipinski definition) is 4. The molecule has 4 nitrogen and oxygen atoms in total. The first-order chi connectivity index (χ1) is 11.2. The van der Waals surface area contributed by atoms with Gasteiger partial charge >= 0.3 is 6.18 Å². The summed E-state index contributed by atoms with van der Waals surface area (Å²) in [6, 6.07) is 9.05. The Morgan fingerprint density at radius 2 is 2.04 bits per heavy atom. The summed E-state index contributed by atoms with van der Waals surface area (Å²) < 4.78 is 38.7. The fraction of sp³-hybridized carbons (Fsp3) is 0.125. The maximum Gasteiger partial charge on any atom is 0.416 e. The summed E-state index contributed by atoms with van der Waals surface area (Å²) in [5.74, 6) is -0.743. The maximum atomic E-state index is 12.7. The van der Waals surface area contributed by atoms with Crippen molar-refractivity contribution in [1.82, 2.24) is 4.98 Å². The Morgan fingerprint density at radius 1 is 1.29 bits per heavy atom. The topological polar surface area (TPSA) is 62.2 Å². The second kappa shape index (κ2) is 5.79. The Hall–Kier alpha value is -2.61. The number of phenolic OH excluding ortho intramolecular Hbond substituents is 1. The van der Waals surface area contributed by atoms with E-state index in [2.05, 4.69) is 16.4 Å². The van der Waals surface area contributed by atoms with Gasteiger partial charge in [-0.15, -0.1) is 0 Å². The number of rotatable bonds is 2. The van der Waals surface area contributed by atoms with Crippen molar-refractivity contribution in [3.8, 4) is 16.9 Å². The highest BCUT2D eigenvalue weighted by Gasteiger charge is 2.31. The number of fused-ring (bicyclic) bond motifs is 1. The summed E-state index contributed by atoms with van der Waals surface area (Å²) >= 11 is 1.25. The van der Waals surface area contributed by atoms with E-state index in [1.807, 2.05) is 0 Å². The number of anilines is 1. The summed E-state index contributed by atoms with van der Waals surface area (Å²) in [7, 11) is 0. The Labute approximate surface area is 138 Å². The Bertz CT molecular complexity index is 935. The highest BCUT2D eigenvalue weighted by Crippen LogP contribution is 2.37. The highest BCUT2D eigenvalue weighted by molar-refractivity contribution is 7.22. The van der Waals surface area contributed by atoms with Crippen molar-refractivity contribution in [2.45, 2.75) is 13.1 Å². The van der Waals surface area contributed by atoms with Gasteiger partial charge in [0.2, 0.25) is 5.91 Å². The third-order valence-corrected chi connectivity index (χ3v) is 4.14. The molecule has 0 saturated carbocycles. The van der Waals surface area contributed by atoms with E-state index in [9.17, 15) is 23.1 Å². The molecule has 0 unspecified atom stereocenters. The van der Waals surface area contributed by atoms with Crippen molar-refractivity contribution in [1.29, 1.82) is 0 Å². The first kappa shape index (κ1) is 16.3. The fourth-order valence-corrected chi connectivity index (χ4v) is 3.03. The zero-order chi connectivity index (χ0) is 17.5. The molecule has 123 valence electrons. The normalized spacial score (nSPS) is 11.7. The van der Waals surface area contributed by atoms with E-state index in [0.29, 0.717) is 22.3 Å². The molecule has 0 atom stereocenters. The maximum absolute atomic E-state index is 12.7. The molecule has 0 spiro atoms. The highest BCUT2D eigenvalue weighted by atomic mass is 32.1. The van der Waals surface area contributed by atoms with Crippen LogP contribution in [0.5, 0.6) is 5.75 Å². The predicted octanol–water partition coefficient (Wildman–Crippen LogP) is 4.45. The lowest BCUT2D eigenvalue weighted by atomic mass is 10.0. The minimum Gasteiger partial charge on any atom is -0.507 e. The van der Waals surface area contributed by atoms with Crippen LogP contribution in [-0.2, 0) is 11.0 Å². The first-order valence-electron chi connectivity index (χ1n) is 6.75. The van der Waals surface area contributed by atoms with Gasteiger partial charge in [0, 0.05) is 18.6 Å². The summed E-state index contributed by atoms with van der Waals surface area (Å²) in [6.45, 7) is 1.36. The number of carbonyl (C=O) groups is 1. The number of nitrogens with one attached hydrogen (secondary N) is 1. The molecule has 1 radical (unpaired) electrons. The minimum atomic E-state index is -4.52. The molecule has 2 aromatic carbocycles. The van der Waals surface area contributed by atoms with E-state index in [4.69, 9.17) is 0 Å². The molecule has 0 bridgehead atoms. The molecule has 2 N–H and O–H groups in total. The third kappa shape index (κ3) is 3.18. The van der Waals surface area contributed by atoms with Crippen molar-refractivity contribution in [2.24, 2.45) is 0 Å². The number of nitrogens with zero attached hydrogens (tertiary/aromatic N) is 1. The average Bonchev–Trinajstić information content (AvgIpc) is 2.86. The number of halogens is 3. The van der Waals surface area contributed by atoms with E-state index in [0.717, 1.165) is 10.8 Å². The number of benzene rings is 2. The van der Waals surface area contributed by atoms with E-state index in [1.54, 1.807) is 12.1 Å². The molecule has 0 aliphatic carbocycles. The van der Waals surface area contributed by atoms with Gasteiger partial charge in [-0.2, -0.15) is 13.2 Å². The van der Waals surface area contributed by atoms with Crippen molar-refractivity contribution in [2.75, 3.05) is 5.32 Å². The molecule has 24 heavy (non-hydrogen) atoms. The van der Waals surface area contributed by atoms with Crippen LogP contribution in [0.4, 0.5) is 18.3 Å². The van der Waals surface area contributed by atoms with Gasteiger partial charge in [0.25, 0.3) is 0 Å². The smallest absolute Gasteiger partial charge is 0.416 e. The lowest BCUT2D eigenvalue weighted by Gasteiger charge is -2.10. The third-order valence-electron chi connectivity index (χ3n) is 3.21. The second-order valence-electron chi connectivity index (χ2n) is 5.01. The van der Waals surface area contributed by atoms with Gasteiger partial charge in [-0.25, -0.2) is 4.98 Å². The molecule has 1 heterocycles. The molecular formula is C16H10F3N2O2S. The molecule has 3 aromatic rings. The van der Waals surface area contributed by atoms with Crippen LogP contribution in [0.3, 0.4) is 0 Å². The zero-order valence-electron chi connectivity index (χ0n) is 12.2. The van der Waals surface area contributed by atoms with E-state index >= 15 is 0 Å². The van der Waals surface area contributed by atoms with Gasteiger partial charge in [-0.3, -0.25) is 4.79 Å². The van der Waals surface area contributed by atoms with Gasteiger partial charge in [-0.1, -0.05) is 23.5 Å². The molecule has 1 amide bonds. The lowest BCUT2D eigenvalue weighted by molar-refractivity contribution is -0.137. The van der Waals surface area contributed by atoms with Gasteiger partial charge in [-0.05, 0) is 23.8 Å². The summed E-state index contributed by atoms with van der Waals surface area (Å²) in [4.78, 5) is 15.3.